The van der Waals surface area contributed by atoms with E-state index < -0.39 is 0 Å². The van der Waals surface area contributed by atoms with Crippen LogP contribution in [-0.4, -0.2) is 11.7 Å². The third kappa shape index (κ3) is 22.1. The van der Waals surface area contributed by atoms with Gasteiger partial charge in [-0.3, -0.25) is 0 Å². The van der Waals surface area contributed by atoms with Crippen LogP contribution >= 0.6 is 0 Å². The number of para-hydroxylation sites is 2. The summed E-state index contributed by atoms with van der Waals surface area (Å²) in [5, 5.41) is 9.68. The van der Waals surface area contributed by atoms with E-state index in [0.29, 0.717) is 12.4 Å². The summed E-state index contributed by atoms with van der Waals surface area (Å²) in [4.78, 5) is 0. The van der Waals surface area contributed by atoms with Gasteiger partial charge in [0.2, 0.25) is 0 Å². The summed E-state index contributed by atoms with van der Waals surface area (Å²) in [6.07, 6.45) is 36.9. The van der Waals surface area contributed by atoms with E-state index in [4.69, 9.17) is 4.74 Å². The van der Waals surface area contributed by atoms with Crippen LogP contribution in [0.1, 0.15) is 174 Å². The lowest BCUT2D eigenvalue weighted by molar-refractivity contribution is 0.288. The van der Waals surface area contributed by atoms with Gasteiger partial charge in [0.15, 0.2) is 11.5 Å². The van der Waals surface area contributed by atoms with Crippen molar-refractivity contribution in [3.8, 4) is 11.5 Å². The molecule has 2 heteroatoms. The second kappa shape index (κ2) is 26.9. The van der Waals surface area contributed by atoms with Gasteiger partial charge in [-0.1, -0.05) is 180 Å². The zero-order chi connectivity index (χ0) is 25.8. The lowest BCUT2D eigenvalue weighted by Crippen LogP contribution is -1.97. The molecule has 0 saturated heterocycles. The molecule has 0 radical (unpaired) electrons. The van der Waals surface area contributed by atoms with Crippen molar-refractivity contribution in [3.05, 3.63) is 24.3 Å². The lowest BCUT2D eigenvalue weighted by Gasteiger charge is -2.07. The number of hydrogen-bond donors (Lipinski definition) is 1. The second-order valence-electron chi connectivity index (χ2n) is 11.2. The highest BCUT2D eigenvalue weighted by Crippen LogP contribution is 2.24. The van der Waals surface area contributed by atoms with Crippen molar-refractivity contribution in [1.29, 1.82) is 0 Å². The SMILES string of the molecule is CCCCCCCCCCCCCCCCCCCCCCCCCCCCOc1ccccc1O. The van der Waals surface area contributed by atoms with Crippen molar-refractivity contribution in [2.75, 3.05) is 6.61 Å². The Bertz CT molecular complexity index is 556. The Morgan fingerprint density at radius 2 is 0.750 bits per heavy atom. The summed E-state index contributed by atoms with van der Waals surface area (Å²) in [7, 11) is 0. The second-order valence-corrected chi connectivity index (χ2v) is 11.2. The molecule has 2 nitrogen and oxygen atoms in total. The molecule has 0 heterocycles. The van der Waals surface area contributed by atoms with Gasteiger partial charge in [-0.25, -0.2) is 0 Å². The van der Waals surface area contributed by atoms with E-state index >= 15 is 0 Å². The Balaban J connectivity index is 1.66. The summed E-state index contributed by atoms with van der Waals surface area (Å²) in [6.45, 7) is 3.01. The highest BCUT2D eigenvalue weighted by Gasteiger charge is 2.00. The van der Waals surface area contributed by atoms with Gasteiger partial charge in [0, 0.05) is 0 Å². The van der Waals surface area contributed by atoms with Gasteiger partial charge in [0.1, 0.15) is 0 Å². The van der Waals surface area contributed by atoms with Crippen LogP contribution in [0.25, 0.3) is 0 Å². The summed E-state index contributed by atoms with van der Waals surface area (Å²) in [6, 6.07) is 7.23. The smallest absolute Gasteiger partial charge is 0.160 e. The molecule has 1 rings (SSSR count). The molecule has 0 spiro atoms. The van der Waals surface area contributed by atoms with E-state index in [2.05, 4.69) is 6.92 Å². The van der Waals surface area contributed by atoms with Crippen LogP contribution in [0.3, 0.4) is 0 Å². The maximum atomic E-state index is 9.68. The molecule has 210 valence electrons. The number of rotatable bonds is 28. The zero-order valence-corrected chi connectivity index (χ0v) is 24.3. The molecule has 0 aliphatic heterocycles. The molecule has 0 aliphatic carbocycles. The third-order valence-corrected chi connectivity index (χ3v) is 7.62. The Labute approximate surface area is 226 Å². The van der Waals surface area contributed by atoms with Crippen LogP contribution in [0.4, 0.5) is 0 Å². The lowest BCUT2D eigenvalue weighted by atomic mass is 10.0. The number of phenolic OH excluding ortho intramolecular Hbond substituents is 1. The Hall–Kier alpha value is -1.18. The number of benzene rings is 1. The molecule has 1 N–H and O–H groups in total. The molecule has 0 amide bonds. The third-order valence-electron chi connectivity index (χ3n) is 7.62. The van der Waals surface area contributed by atoms with Gasteiger partial charge in [0.25, 0.3) is 0 Å². The average molecular weight is 503 g/mol. The molecule has 0 saturated carbocycles. The highest BCUT2D eigenvalue weighted by atomic mass is 16.5. The molecule has 36 heavy (non-hydrogen) atoms. The van der Waals surface area contributed by atoms with Gasteiger partial charge in [0.05, 0.1) is 6.61 Å². The van der Waals surface area contributed by atoms with E-state index in [1.807, 2.05) is 18.2 Å². The molecule has 0 unspecified atom stereocenters. The van der Waals surface area contributed by atoms with Gasteiger partial charge in [-0.15, -0.1) is 0 Å². The fourth-order valence-corrected chi connectivity index (χ4v) is 5.18. The fraction of sp³-hybridized carbons (Fsp3) is 0.824. The summed E-state index contributed by atoms with van der Waals surface area (Å²) >= 11 is 0. The number of ether oxygens (including phenoxy) is 1. The monoisotopic (exact) mass is 502 g/mol. The molecule has 0 aromatic heterocycles. The maximum Gasteiger partial charge on any atom is 0.160 e. The first-order chi connectivity index (χ1) is 17.8. The Kier molecular flexibility index (Phi) is 24.5. The van der Waals surface area contributed by atoms with Crippen LogP contribution in [0.5, 0.6) is 11.5 Å². The molecule has 1 aromatic rings. The van der Waals surface area contributed by atoms with Gasteiger partial charge >= 0.3 is 0 Å². The van der Waals surface area contributed by atoms with Gasteiger partial charge in [-0.05, 0) is 18.6 Å². The Morgan fingerprint density at radius 1 is 0.444 bits per heavy atom. The van der Waals surface area contributed by atoms with Crippen molar-refractivity contribution >= 4 is 0 Å². The predicted octanol–water partition coefficient (Wildman–Crippen LogP) is 11.9. The first-order valence-electron chi connectivity index (χ1n) is 16.3. The first-order valence-corrected chi connectivity index (χ1v) is 16.3. The van der Waals surface area contributed by atoms with Crippen molar-refractivity contribution in [1.82, 2.24) is 0 Å². The minimum Gasteiger partial charge on any atom is -0.504 e. The molecular formula is C34H62O2. The standard InChI is InChI=1S/C34H62O2/c1-2-3-4-5-6-7-8-9-10-11-12-13-14-15-16-17-18-19-20-21-22-23-24-25-26-29-32-36-34-31-28-27-30-33(34)35/h27-28,30-31,35H,2-26,29,32H2,1H3. The van der Waals surface area contributed by atoms with E-state index in [1.54, 1.807) is 6.07 Å². The number of aromatic hydroxyl groups is 1. The number of unbranched alkanes of at least 4 members (excludes halogenated alkanes) is 25. The van der Waals surface area contributed by atoms with E-state index in [0.717, 1.165) is 6.42 Å². The fourth-order valence-electron chi connectivity index (χ4n) is 5.18. The number of phenols is 1. The molecule has 0 aliphatic rings. The molecule has 0 fully saturated rings. The predicted molar refractivity (Wildman–Crippen MR) is 159 cm³/mol. The van der Waals surface area contributed by atoms with Crippen molar-refractivity contribution in [2.24, 2.45) is 0 Å². The maximum absolute atomic E-state index is 9.68. The minimum absolute atomic E-state index is 0.243. The number of hydrogen-bond acceptors (Lipinski definition) is 2. The summed E-state index contributed by atoms with van der Waals surface area (Å²) < 4.78 is 5.64. The van der Waals surface area contributed by atoms with Crippen LogP contribution in [-0.2, 0) is 0 Å². The quantitative estimate of drug-likeness (QED) is 0.115. The van der Waals surface area contributed by atoms with Crippen LogP contribution < -0.4 is 4.74 Å². The summed E-state index contributed by atoms with van der Waals surface area (Å²) in [5.74, 6) is 0.851. The van der Waals surface area contributed by atoms with E-state index in [9.17, 15) is 5.11 Å². The topological polar surface area (TPSA) is 29.5 Å². The minimum atomic E-state index is 0.243. The molecule has 0 atom stereocenters. The van der Waals surface area contributed by atoms with Crippen molar-refractivity contribution in [3.63, 3.8) is 0 Å². The molecule has 0 bridgehead atoms. The first kappa shape index (κ1) is 32.8. The van der Waals surface area contributed by atoms with Gasteiger partial charge < -0.3 is 9.84 Å². The summed E-state index contributed by atoms with van der Waals surface area (Å²) in [5.41, 5.74) is 0. The zero-order valence-electron chi connectivity index (χ0n) is 24.3. The van der Waals surface area contributed by atoms with Crippen LogP contribution in [0.15, 0.2) is 24.3 Å². The van der Waals surface area contributed by atoms with E-state index in [1.165, 1.54) is 161 Å². The van der Waals surface area contributed by atoms with Crippen LogP contribution in [0.2, 0.25) is 0 Å². The molecular weight excluding hydrogens is 440 g/mol. The normalized spacial score (nSPS) is 11.2. The average Bonchev–Trinajstić information content (AvgIpc) is 2.89. The van der Waals surface area contributed by atoms with E-state index in [-0.39, 0.29) is 5.75 Å². The largest absolute Gasteiger partial charge is 0.504 e. The van der Waals surface area contributed by atoms with Crippen molar-refractivity contribution in [2.45, 2.75) is 174 Å². The van der Waals surface area contributed by atoms with Crippen LogP contribution in [0, 0.1) is 0 Å². The molecule has 1 aromatic carbocycles. The Morgan fingerprint density at radius 3 is 1.08 bits per heavy atom. The van der Waals surface area contributed by atoms with Gasteiger partial charge in [-0.2, -0.15) is 0 Å². The highest BCUT2D eigenvalue weighted by molar-refractivity contribution is 5.37. The van der Waals surface area contributed by atoms with Crippen molar-refractivity contribution < 1.29 is 9.84 Å².